The van der Waals surface area contributed by atoms with Crippen molar-refractivity contribution in [2.24, 2.45) is 5.73 Å². The molecule has 1 amide bonds. The fraction of sp³-hybridized carbons (Fsp3) is 0.333. The number of hydrogen-bond acceptors (Lipinski definition) is 6. The van der Waals surface area contributed by atoms with Crippen molar-refractivity contribution < 1.29 is 14.3 Å². The standard InChI is InChI=1S/C24H28N4O3/c1-28-12-9-21(10-13-28)30-16-18-4-2-17(3-5-18)15-27-20-6-7-22-19(14-20)8-11-26-23(22)31-24(25)29/h2-8,11,14,21,27H,9-10,12-13,15-16H2,1H3,(H2,25,29). The lowest BCUT2D eigenvalue weighted by Gasteiger charge is -2.28. The predicted octanol–water partition coefficient (Wildman–Crippen LogP) is 3.92. The zero-order valence-electron chi connectivity index (χ0n) is 17.7. The molecule has 0 unspecified atom stereocenters. The number of nitrogens with zero attached hydrogens (tertiary/aromatic N) is 2. The third-order valence-electron chi connectivity index (χ3n) is 5.60. The molecule has 31 heavy (non-hydrogen) atoms. The van der Waals surface area contributed by atoms with Crippen LogP contribution in [0.4, 0.5) is 10.5 Å². The van der Waals surface area contributed by atoms with E-state index < -0.39 is 6.09 Å². The molecule has 2 heterocycles. The van der Waals surface area contributed by atoms with Gasteiger partial charge in [0.15, 0.2) is 0 Å². The van der Waals surface area contributed by atoms with E-state index in [-0.39, 0.29) is 5.88 Å². The van der Waals surface area contributed by atoms with Crippen LogP contribution in [0.2, 0.25) is 0 Å². The van der Waals surface area contributed by atoms with Crippen LogP contribution in [0.15, 0.2) is 54.7 Å². The number of benzene rings is 2. The smallest absolute Gasteiger partial charge is 0.391 e. The molecule has 3 N–H and O–H groups in total. The number of aromatic nitrogens is 1. The second-order valence-electron chi connectivity index (χ2n) is 7.96. The molecule has 7 heteroatoms. The summed E-state index contributed by atoms with van der Waals surface area (Å²) in [5, 5.41) is 5.08. The molecule has 4 rings (SSSR count). The van der Waals surface area contributed by atoms with Crippen molar-refractivity contribution in [2.75, 3.05) is 25.5 Å². The van der Waals surface area contributed by atoms with Crippen LogP contribution in [0.3, 0.4) is 0 Å². The summed E-state index contributed by atoms with van der Waals surface area (Å²) in [4.78, 5) is 17.5. The van der Waals surface area contributed by atoms with Crippen LogP contribution < -0.4 is 15.8 Å². The minimum absolute atomic E-state index is 0.217. The van der Waals surface area contributed by atoms with Crippen molar-refractivity contribution in [2.45, 2.75) is 32.1 Å². The molecular formula is C24H28N4O3. The maximum Gasteiger partial charge on any atom is 0.411 e. The van der Waals surface area contributed by atoms with Gasteiger partial charge in [-0.2, -0.15) is 0 Å². The number of rotatable bonds is 7. The third kappa shape index (κ3) is 5.71. The Morgan fingerprint density at radius 3 is 2.61 bits per heavy atom. The zero-order valence-corrected chi connectivity index (χ0v) is 17.7. The number of nitrogens with two attached hydrogens (primary N) is 1. The van der Waals surface area contributed by atoms with Crippen molar-refractivity contribution in [3.8, 4) is 5.88 Å². The molecule has 3 aromatic rings. The molecule has 0 saturated carbocycles. The SMILES string of the molecule is CN1CCC(OCc2ccc(CNc3ccc4c(OC(N)=O)nccc4c3)cc2)CC1. The lowest BCUT2D eigenvalue weighted by atomic mass is 10.1. The summed E-state index contributed by atoms with van der Waals surface area (Å²) in [7, 11) is 2.16. The number of carbonyl (C=O) groups excluding carboxylic acids is 1. The maximum atomic E-state index is 11.0. The zero-order chi connectivity index (χ0) is 21.6. The van der Waals surface area contributed by atoms with Gasteiger partial charge >= 0.3 is 6.09 Å². The van der Waals surface area contributed by atoms with Gasteiger partial charge in [0.25, 0.3) is 0 Å². The second-order valence-corrected chi connectivity index (χ2v) is 7.96. The van der Waals surface area contributed by atoms with Crippen LogP contribution in [0.1, 0.15) is 24.0 Å². The van der Waals surface area contributed by atoms with E-state index in [1.165, 1.54) is 11.1 Å². The summed E-state index contributed by atoms with van der Waals surface area (Å²) >= 11 is 0. The van der Waals surface area contributed by atoms with E-state index in [4.69, 9.17) is 15.2 Å². The van der Waals surface area contributed by atoms with E-state index in [2.05, 4.69) is 46.5 Å². The molecular weight excluding hydrogens is 392 g/mol. The lowest BCUT2D eigenvalue weighted by Crippen LogP contribution is -2.34. The van der Waals surface area contributed by atoms with Crippen LogP contribution in [0, 0.1) is 0 Å². The molecule has 1 aliphatic heterocycles. The second kappa shape index (κ2) is 9.76. The van der Waals surface area contributed by atoms with E-state index in [0.29, 0.717) is 19.3 Å². The van der Waals surface area contributed by atoms with Crippen LogP contribution in [0.5, 0.6) is 5.88 Å². The highest BCUT2D eigenvalue weighted by molar-refractivity contribution is 5.90. The Morgan fingerprint density at radius 1 is 1.13 bits per heavy atom. The molecule has 162 valence electrons. The predicted molar refractivity (Wildman–Crippen MR) is 121 cm³/mol. The number of fused-ring (bicyclic) bond motifs is 1. The fourth-order valence-corrected chi connectivity index (χ4v) is 3.76. The number of nitrogens with one attached hydrogen (secondary N) is 1. The van der Waals surface area contributed by atoms with Crippen LogP contribution >= 0.6 is 0 Å². The van der Waals surface area contributed by atoms with E-state index in [0.717, 1.165) is 42.4 Å². The van der Waals surface area contributed by atoms with Crippen molar-refractivity contribution in [1.82, 2.24) is 9.88 Å². The van der Waals surface area contributed by atoms with Crippen molar-refractivity contribution in [1.29, 1.82) is 0 Å². The largest absolute Gasteiger partial charge is 0.411 e. The van der Waals surface area contributed by atoms with Gasteiger partial charge in [0, 0.05) is 36.9 Å². The summed E-state index contributed by atoms with van der Waals surface area (Å²) in [6, 6.07) is 16.2. The fourth-order valence-electron chi connectivity index (χ4n) is 3.76. The first kappa shape index (κ1) is 21.1. The van der Waals surface area contributed by atoms with Gasteiger partial charge in [-0.25, -0.2) is 9.78 Å². The summed E-state index contributed by atoms with van der Waals surface area (Å²) in [5.41, 5.74) is 8.47. The Kier molecular flexibility index (Phi) is 6.64. The first-order valence-corrected chi connectivity index (χ1v) is 10.5. The highest BCUT2D eigenvalue weighted by Gasteiger charge is 2.16. The molecule has 0 atom stereocenters. The minimum atomic E-state index is -0.873. The molecule has 0 spiro atoms. The number of pyridine rings is 1. The molecule has 7 nitrogen and oxygen atoms in total. The molecule has 0 aliphatic carbocycles. The Labute approximate surface area is 182 Å². The molecule has 1 aromatic heterocycles. The molecule has 1 fully saturated rings. The highest BCUT2D eigenvalue weighted by Crippen LogP contribution is 2.26. The Bertz CT molecular complexity index is 1030. The molecule has 1 aliphatic rings. The van der Waals surface area contributed by atoms with Crippen molar-refractivity contribution in [3.05, 3.63) is 65.9 Å². The monoisotopic (exact) mass is 420 g/mol. The van der Waals surface area contributed by atoms with E-state index in [1.54, 1.807) is 6.20 Å². The number of primary amides is 1. The average Bonchev–Trinajstić information content (AvgIpc) is 2.78. The van der Waals surface area contributed by atoms with Crippen molar-refractivity contribution >= 4 is 22.6 Å². The Balaban J connectivity index is 1.31. The number of carbonyl (C=O) groups is 1. The Morgan fingerprint density at radius 2 is 1.87 bits per heavy atom. The Hall–Kier alpha value is -3.16. The van der Waals surface area contributed by atoms with Crippen LogP contribution in [0.25, 0.3) is 10.8 Å². The van der Waals surface area contributed by atoms with Gasteiger partial charge in [0.05, 0.1) is 12.7 Å². The van der Waals surface area contributed by atoms with Gasteiger partial charge in [0.1, 0.15) is 0 Å². The van der Waals surface area contributed by atoms with Crippen LogP contribution in [-0.4, -0.2) is 42.2 Å². The van der Waals surface area contributed by atoms with Crippen molar-refractivity contribution in [3.63, 3.8) is 0 Å². The van der Waals surface area contributed by atoms with Gasteiger partial charge < -0.3 is 25.4 Å². The summed E-state index contributed by atoms with van der Waals surface area (Å²) in [6.45, 7) is 3.59. The first-order chi connectivity index (χ1) is 15.1. The van der Waals surface area contributed by atoms with E-state index in [9.17, 15) is 4.79 Å². The number of anilines is 1. The van der Waals surface area contributed by atoms with Gasteiger partial charge in [-0.05, 0) is 60.7 Å². The normalized spacial score (nSPS) is 15.1. The molecule has 1 saturated heterocycles. The molecule has 2 aromatic carbocycles. The molecule has 0 radical (unpaired) electrons. The lowest BCUT2D eigenvalue weighted by molar-refractivity contribution is 0.00213. The number of piperidine rings is 1. The topological polar surface area (TPSA) is 89.7 Å². The molecule has 0 bridgehead atoms. The number of amides is 1. The summed E-state index contributed by atoms with van der Waals surface area (Å²) in [5.74, 6) is 0.217. The summed E-state index contributed by atoms with van der Waals surface area (Å²) in [6.07, 6.45) is 3.31. The maximum absolute atomic E-state index is 11.0. The van der Waals surface area contributed by atoms with E-state index in [1.807, 2.05) is 24.3 Å². The van der Waals surface area contributed by atoms with E-state index >= 15 is 0 Å². The number of hydrogen-bond donors (Lipinski definition) is 2. The first-order valence-electron chi connectivity index (χ1n) is 10.5. The van der Waals surface area contributed by atoms with Gasteiger partial charge in [0.2, 0.25) is 5.88 Å². The van der Waals surface area contributed by atoms with Gasteiger partial charge in [-0.15, -0.1) is 0 Å². The quantitative estimate of drug-likeness (QED) is 0.602. The average molecular weight is 421 g/mol. The van der Waals surface area contributed by atoms with Crippen LogP contribution in [-0.2, 0) is 17.9 Å². The minimum Gasteiger partial charge on any atom is -0.391 e. The summed E-state index contributed by atoms with van der Waals surface area (Å²) < 4.78 is 11.0. The highest BCUT2D eigenvalue weighted by atomic mass is 16.6. The number of likely N-dealkylation sites (tertiary alicyclic amines) is 1. The third-order valence-corrected chi connectivity index (χ3v) is 5.60. The van der Waals surface area contributed by atoms with Gasteiger partial charge in [-0.3, -0.25) is 0 Å². The van der Waals surface area contributed by atoms with Gasteiger partial charge in [-0.1, -0.05) is 24.3 Å². The number of ether oxygens (including phenoxy) is 2.